The largest absolute Gasteiger partial charge is 0.457 e. The number of halogens is 3. The fourth-order valence-corrected chi connectivity index (χ4v) is 3.55. The first-order chi connectivity index (χ1) is 14.9. The topological polar surface area (TPSA) is 32.8 Å². The summed E-state index contributed by atoms with van der Waals surface area (Å²) in [6, 6.07) is 21.2. The normalized spacial score (nSPS) is 14.4. The number of ether oxygens (including phenoxy) is 1. The molecule has 3 aromatic carbocycles. The van der Waals surface area contributed by atoms with Crippen LogP contribution in [0.2, 0.25) is 0 Å². The quantitative estimate of drug-likeness (QED) is 0.555. The highest BCUT2D eigenvalue weighted by Crippen LogP contribution is 2.33. The third-order valence-corrected chi connectivity index (χ3v) is 5.17. The molecule has 3 aromatic rings. The maximum atomic E-state index is 12.9. The van der Waals surface area contributed by atoms with E-state index in [0.717, 1.165) is 30.9 Å². The van der Waals surface area contributed by atoms with Crippen molar-refractivity contribution in [2.24, 2.45) is 0 Å². The van der Waals surface area contributed by atoms with Crippen LogP contribution in [0.4, 0.5) is 18.9 Å². The van der Waals surface area contributed by atoms with Gasteiger partial charge >= 0.3 is 6.18 Å². The number of benzene rings is 3. The van der Waals surface area contributed by atoms with Gasteiger partial charge < -0.3 is 14.5 Å². The lowest BCUT2D eigenvalue weighted by Crippen LogP contribution is -2.48. The van der Waals surface area contributed by atoms with E-state index in [-0.39, 0.29) is 11.7 Å². The van der Waals surface area contributed by atoms with Gasteiger partial charge in [0.25, 0.3) is 5.91 Å². The monoisotopic (exact) mass is 426 g/mol. The van der Waals surface area contributed by atoms with Crippen molar-refractivity contribution in [2.75, 3.05) is 31.1 Å². The van der Waals surface area contributed by atoms with Gasteiger partial charge in [-0.25, -0.2) is 0 Å². The number of anilines is 1. The van der Waals surface area contributed by atoms with Crippen molar-refractivity contribution in [2.45, 2.75) is 6.18 Å². The fraction of sp³-hybridized carbons (Fsp3) is 0.208. The first kappa shape index (κ1) is 20.8. The fourth-order valence-electron chi connectivity index (χ4n) is 3.55. The third kappa shape index (κ3) is 4.99. The van der Waals surface area contributed by atoms with Crippen LogP contribution in [-0.4, -0.2) is 37.0 Å². The third-order valence-electron chi connectivity index (χ3n) is 5.17. The van der Waals surface area contributed by atoms with Crippen LogP contribution in [0.5, 0.6) is 11.5 Å². The number of alkyl halides is 3. The second-order valence-corrected chi connectivity index (χ2v) is 7.27. The molecule has 0 saturated carbocycles. The molecule has 1 fully saturated rings. The second-order valence-electron chi connectivity index (χ2n) is 7.27. The van der Waals surface area contributed by atoms with Crippen molar-refractivity contribution in [1.29, 1.82) is 0 Å². The first-order valence-corrected chi connectivity index (χ1v) is 9.94. The number of hydrogen-bond donors (Lipinski definition) is 0. The predicted octanol–water partition coefficient (Wildman–Crippen LogP) is 5.46. The molecule has 0 aromatic heterocycles. The molecular formula is C24H21F3N2O2. The van der Waals surface area contributed by atoms with E-state index in [1.54, 1.807) is 29.2 Å². The van der Waals surface area contributed by atoms with Gasteiger partial charge in [0, 0.05) is 37.4 Å². The predicted molar refractivity (Wildman–Crippen MR) is 113 cm³/mol. The van der Waals surface area contributed by atoms with E-state index in [2.05, 4.69) is 4.90 Å². The minimum Gasteiger partial charge on any atom is -0.457 e. The van der Waals surface area contributed by atoms with Crippen LogP contribution in [0.15, 0.2) is 78.9 Å². The van der Waals surface area contributed by atoms with E-state index in [1.165, 1.54) is 12.1 Å². The summed E-state index contributed by atoms with van der Waals surface area (Å²) in [7, 11) is 0. The molecule has 4 rings (SSSR count). The van der Waals surface area contributed by atoms with E-state index in [4.69, 9.17) is 4.74 Å². The zero-order valence-corrected chi connectivity index (χ0v) is 16.7. The smallest absolute Gasteiger partial charge is 0.416 e. The number of hydrogen-bond acceptors (Lipinski definition) is 3. The second kappa shape index (κ2) is 8.71. The summed E-state index contributed by atoms with van der Waals surface area (Å²) in [4.78, 5) is 16.9. The van der Waals surface area contributed by atoms with Crippen molar-refractivity contribution in [3.05, 3.63) is 90.0 Å². The highest BCUT2D eigenvalue weighted by molar-refractivity contribution is 5.94. The molecule has 0 unspecified atom stereocenters. The summed E-state index contributed by atoms with van der Waals surface area (Å²) >= 11 is 0. The lowest BCUT2D eigenvalue weighted by atomic mass is 10.1. The molecule has 0 spiro atoms. The maximum absolute atomic E-state index is 12.9. The van der Waals surface area contributed by atoms with Crippen LogP contribution >= 0.6 is 0 Å². The Kier molecular flexibility index (Phi) is 5.84. The molecule has 4 nitrogen and oxygen atoms in total. The average molecular weight is 426 g/mol. The molecule has 1 aliphatic rings. The Morgan fingerprint density at radius 2 is 1.42 bits per heavy atom. The van der Waals surface area contributed by atoms with Gasteiger partial charge in [-0.3, -0.25) is 4.79 Å². The highest BCUT2D eigenvalue weighted by atomic mass is 19.4. The summed E-state index contributed by atoms with van der Waals surface area (Å²) in [5.41, 5.74) is 0.789. The molecule has 0 bridgehead atoms. The number of piperazine rings is 1. The molecule has 1 amide bonds. The summed E-state index contributed by atoms with van der Waals surface area (Å²) in [5.74, 6) is 0.256. The molecule has 1 saturated heterocycles. The van der Waals surface area contributed by atoms with Crippen LogP contribution in [0.3, 0.4) is 0 Å². The standard InChI is InChI=1S/C24H21F3N2O2/c25-24(26,27)19-7-5-11-22(17-19)31-21-10-4-6-18(16-21)23(30)29-14-12-28(13-15-29)20-8-2-1-3-9-20/h1-11,16-17H,12-15H2. The summed E-state index contributed by atoms with van der Waals surface area (Å²) in [6.45, 7) is 2.64. The molecule has 0 atom stereocenters. The first-order valence-electron chi connectivity index (χ1n) is 9.94. The number of amides is 1. The van der Waals surface area contributed by atoms with Crippen molar-refractivity contribution < 1.29 is 22.7 Å². The Balaban J connectivity index is 1.42. The van der Waals surface area contributed by atoms with E-state index >= 15 is 0 Å². The molecule has 0 N–H and O–H groups in total. The minimum absolute atomic E-state index is 0.0656. The van der Waals surface area contributed by atoms with Gasteiger partial charge in [0.05, 0.1) is 5.56 Å². The highest BCUT2D eigenvalue weighted by Gasteiger charge is 2.30. The van der Waals surface area contributed by atoms with Gasteiger partial charge in [-0.2, -0.15) is 13.2 Å². The Hall–Kier alpha value is -3.48. The molecule has 31 heavy (non-hydrogen) atoms. The van der Waals surface area contributed by atoms with Crippen molar-refractivity contribution in [3.63, 3.8) is 0 Å². The van der Waals surface area contributed by atoms with E-state index < -0.39 is 11.7 Å². The van der Waals surface area contributed by atoms with Gasteiger partial charge in [-0.15, -0.1) is 0 Å². The lowest BCUT2D eigenvalue weighted by Gasteiger charge is -2.36. The maximum Gasteiger partial charge on any atom is 0.416 e. The summed E-state index contributed by atoms with van der Waals surface area (Å²) in [5, 5.41) is 0. The van der Waals surface area contributed by atoms with Crippen LogP contribution < -0.4 is 9.64 Å². The van der Waals surface area contributed by atoms with Gasteiger partial charge in [0.2, 0.25) is 0 Å². The summed E-state index contributed by atoms with van der Waals surface area (Å²) < 4.78 is 44.3. The molecule has 7 heteroatoms. The van der Waals surface area contributed by atoms with Gasteiger partial charge in [0.15, 0.2) is 0 Å². The number of para-hydroxylation sites is 1. The Morgan fingerprint density at radius 3 is 2.10 bits per heavy atom. The molecule has 0 radical (unpaired) electrons. The van der Waals surface area contributed by atoms with Gasteiger partial charge in [-0.1, -0.05) is 30.3 Å². The number of carbonyl (C=O) groups is 1. The number of carbonyl (C=O) groups excluding carboxylic acids is 1. The molecule has 1 aliphatic heterocycles. The Morgan fingerprint density at radius 1 is 0.774 bits per heavy atom. The van der Waals surface area contributed by atoms with Gasteiger partial charge in [-0.05, 0) is 48.5 Å². The zero-order valence-electron chi connectivity index (χ0n) is 16.7. The molecule has 0 aliphatic carbocycles. The number of rotatable bonds is 4. The van der Waals surface area contributed by atoms with Crippen LogP contribution in [0.25, 0.3) is 0 Å². The van der Waals surface area contributed by atoms with E-state index in [9.17, 15) is 18.0 Å². The van der Waals surface area contributed by atoms with Gasteiger partial charge in [0.1, 0.15) is 11.5 Å². The van der Waals surface area contributed by atoms with Crippen molar-refractivity contribution in [1.82, 2.24) is 4.90 Å². The van der Waals surface area contributed by atoms with E-state index in [0.29, 0.717) is 24.4 Å². The average Bonchev–Trinajstić information content (AvgIpc) is 2.79. The van der Waals surface area contributed by atoms with Crippen molar-refractivity contribution >= 4 is 11.6 Å². The number of nitrogens with zero attached hydrogens (tertiary/aromatic N) is 2. The summed E-state index contributed by atoms with van der Waals surface area (Å²) in [6.07, 6.45) is -4.45. The molecular weight excluding hydrogens is 405 g/mol. The minimum atomic E-state index is -4.45. The Bertz CT molecular complexity index is 1050. The SMILES string of the molecule is O=C(c1cccc(Oc2cccc(C(F)(F)F)c2)c1)N1CCN(c2ccccc2)CC1. The molecule has 1 heterocycles. The van der Waals surface area contributed by atoms with Crippen LogP contribution in [0.1, 0.15) is 15.9 Å². The van der Waals surface area contributed by atoms with Crippen LogP contribution in [-0.2, 0) is 6.18 Å². The zero-order chi connectivity index (χ0) is 21.8. The lowest BCUT2D eigenvalue weighted by molar-refractivity contribution is -0.137. The van der Waals surface area contributed by atoms with Crippen molar-refractivity contribution in [3.8, 4) is 11.5 Å². The Labute approximate surface area is 178 Å². The van der Waals surface area contributed by atoms with E-state index in [1.807, 2.05) is 30.3 Å². The molecule has 160 valence electrons. The van der Waals surface area contributed by atoms with Crippen LogP contribution in [0, 0.1) is 0 Å².